The summed E-state index contributed by atoms with van der Waals surface area (Å²) >= 11 is 1.53. The summed E-state index contributed by atoms with van der Waals surface area (Å²) in [5.41, 5.74) is -0.705. The largest absolute Gasteiger partial charge is 0.426 e. The Hall–Kier alpha value is -3.02. The number of pyridine rings is 1. The van der Waals surface area contributed by atoms with Crippen molar-refractivity contribution in [3.63, 3.8) is 0 Å². The van der Waals surface area contributed by atoms with Gasteiger partial charge < -0.3 is 15.3 Å². The molecule has 2 fully saturated rings. The third kappa shape index (κ3) is 6.18. The van der Waals surface area contributed by atoms with Crippen LogP contribution in [-0.4, -0.2) is 75.7 Å². The number of hydrogen-bond donors (Lipinski definition) is 2. The Morgan fingerprint density at radius 3 is 2.40 bits per heavy atom. The fraction of sp³-hybridized carbons (Fsp3) is 0.516. The number of nitrogens with zero attached hydrogens (tertiary/aromatic N) is 3. The van der Waals surface area contributed by atoms with E-state index in [1.807, 2.05) is 46.7 Å². The molecule has 1 aromatic carbocycles. The van der Waals surface area contributed by atoms with Crippen LogP contribution in [-0.2, 0) is 11.3 Å². The van der Waals surface area contributed by atoms with Crippen LogP contribution in [0.3, 0.4) is 0 Å². The van der Waals surface area contributed by atoms with Gasteiger partial charge in [-0.1, -0.05) is 43.5 Å². The highest BCUT2D eigenvalue weighted by Gasteiger charge is 2.57. The third-order valence-electron chi connectivity index (χ3n) is 8.70. The number of alkyl halides is 3. The Labute approximate surface area is 247 Å². The molecule has 1 saturated carbocycles. The lowest BCUT2D eigenvalue weighted by Gasteiger charge is -2.38. The zero-order valence-corrected chi connectivity index (χ0v) is 24.7. The molecule has 0 radical (unpaired) electrons. The van der Waals surface area contributed by atoms with Crippen LogP contribution in [0.25, 0.3) is 21.5 Å². The molecule has 1 aliphatic heterocycles. The van der Waals surface area contributed by atoms with Gasteiger partial charge in [0.05, 0.1) is 21.7 Å². The molecule has 3 aromatic rings. The van der Waals surface area contributed by atoms with Crippen molar-refractivity contribution in [2.75, 3.05) is 26.2 Å². The molecule has 2 N–H and O–H groups in total. The SMILES string of the molecule is CC(NC(=O)c1c(CN2CCN(C(=O)[C@](C)(O)C(F)(F)F)CC2)c(-c2cccs2)nc2ccccc12)C1CCCCC1. The van der Waals surface area contributed by atoms with Crippen molar-refractivity contribution in [2.45, 2.75) is 70.3 Å². The number of fused-ring (bicyclic) bond motifs is 1. The Morgan fingerprint density at radius 1 is 1.07 bits per heavy atom. The Morgan fingerprint density at radius 2 is 1.76 bits per heavy atom. The fourth-order valence-electron chi connectivity index (χ4n) is 6.07. The Balaban J connectivity index is 1.46. The van der Waals surface area contributed by atoms with E-state index < -0.39 is 17.7 Å². The average Bonchev–Trinajstić information content (AvgIpc) is 3.51. The minimum Gasteiger partial charge on any atom is -0.373 e. The number of hydrogen-bond acceptors (Lipinski definition) is 6. The first-order chi connectivity index (χ1) is 20.0. The van der Waals surface area contributed by atoms with Crippen molar-refractivity contribution in [3.05, 3.63) is 52.9 Å². The minimum atomic E-state index is -5.06. The van der Waals surface area contributed by atoms with Crippen LogP contribution in [0.5, 0.6) is 0 Å². The van der Waals surface area contributed by atoms with Crippen molar-refractivity contribution < 1.29 is 27.9 Å². The number of carbonyl (C=O) groups excluding carboxylic acids is 2. The molecule has 1 saturated heterocycles. The standard InChI is InChI=1S/C31H37F3N4O3S/c1-20(21-9-4-3-5-10-21)35-28(39)26-22-11-6-7-12-24(22)36-27(25-13-8-18-42-25)23(26)19-37-14-16-38(17-15-37)29(40)30(2,41)31(32,33)34/h6-8,11-13,18,20-21,41H,3-5,9-10,14-17,19H2,1-2H3,(H,35,39)/t20?,30-/m0/s1. The number of rotatable bonds is 7. The zero-order valence-electron chi connectivity index (χ0n) is 23.9. The highest BCUT2D eigenvalue weighted by atomic mass is 32.1. The fourth-order valence-corrected chi connectivity index (χ4v) is 6.82. The zero-order chi connectivity index (χ0) is 30.1. The van der Waals surface area contributed by atoms with Crippen LogP contribution in [0, 0.1) is 5.92 Å². The van der Waals surface area contributed by atoms with Crippen molar-refractivity contribution in [3.8, 4) is 10.6 Å². The van der Waals surface area contributed by atoms with Gasteiger partial charge in [-0.2, -0.15) is 13.2 Å². The van der Waals surface area contributed by atoms with Gasteiger partial charge >= 0.3 is 6.18 Å². The number of amides is 2. The molecule has 1 unspecified atom stereocenters. The molecular formula is C31H37F3N4O3S. The van der Waals surface area contributed by atoms with Crippen LogP contribution in [0.15, 0.2) is 41.8 Å². The van der Waals surface area contributed by atoms with E-state index >= 15 is 0 Å². The summed E-state index contributed by atoms with van der Waals surface area (Å²) in [5, 5.41) is 15.9. The van der Waals surface area contributed by atoms with E-state index in [0.29, 0.717) is 36.2 Å². The number of para-hydroxylation sites is 1. The average molecular weight is 603 g/mol. The summed E-state index contributed by atoms with van der Waals surface area (Å²) in [4.78, 5) is 35.6. The molecule has 226 valence electrons. The van der Waals surface area contributed by atoms with Crippen LogP contribution < -0.4 is 5.32 Å². The van der Waals surface area contributed by atoms with Gasteiger partial charge in [-0.3, -0.25) is 14.5 Å². The lowest BCUT2D eigenvalue weighted by atomic mass is 9.84. The predicted octanol–water partition coefficient (Wildman–Crippen LogP) is 5.62. The van der Waals surface area contributed by atoms with Crippen LogP contribution in [0.4, 0.5) is 13.2 Å². The monoisotopic (exact) mass is 602 g/mol. The van der Waals surface area contributed by atoms with Crippen molar-refractivity contribution in [2.24, 2.45) is 5.92 Å². The molecule has 2 atom stereocenters. The number of aromatic nitrogens is 1. The first-order valence-corrected chi connectivity index (χ1v) is 15.4. The maximum atomic E-state index is 14.1. The van der Waals surface area contributed by atoms with E-state index in [-0.39, 0.29) is 38.1 Å². The molecule has 7 nitrogen and oxygen atoms in total. The van der Waals surface area contributed by atoms with E-state index in [1.54, 1.807) is 0 Å². The lowest BCUT2D eigenvalue weighted by Crippen LogP contribution is -2.59. The van der Waals surface area contributed by atoms with Gasteiger partial charge in [-0.25, -0.2) is 4.98 Å². The molecular weight excluding hydrogens is 565 g/mol. The van der Waals surface area contributed by atoms with E-state index in [0.717, 1.165) is 33.6 Å². The molecule has 1 aliphatic carbocycles. The van der Waals surface area contributed by atoms with Gasteiger partial charge in [0.15, 0.2) is 0 Å². The summed E-state index contributed by atoms with van der Waals surface area (Å²) in [6, 6.07) is 11.5. The molecule has 2 aromatic heterocycles. The number of thiophene rings is 1. The number of halogens is 3. The van der Waals surface area contributed by atoms with Gasteiger partial charge in [0.25, 0.3) is 11.8 Å². The molecule has 2 aliphatic rings. The number of aliphatic hydroxyl groups is 1. The number of benzene rings is 1. The Kier molecular flexibility index (Phi) is 8.91. The second-order valence-electron chi connectivity index (χ2n) is 11.6. The summed E-state index contributed by atoms with van der Waals surface area (Å²) in [7, 11) is 0. The second kappa shape index (κ2) is 12.3. The smallest absolute Gasteiger partial charge is 0.373 e. The topological polar surface area (TPSA) is 85.8 Å². The van der Waals surface area contributed by atoms with Crippen molar-refractivity contribution in [1.29, 1.82) is 0 Å². The van der Waals surface area contributed by atoms with E-state index in [1.165, 1.54) is 30.6 Å². The molecule has 42 heavy (non-hydrogen) atoms. The highest BCUT2D eigenvalue weighted by Crippen LogP contribution is 2.35. The van der Waals surface area contributed by atoms with E-state index in [4.69, 9.17) is 4.98 Å². The molecule has 11 heteroatoms. The molecule has 0 bridgehead atoms. The molecule has 5 rings (SSSR count). The lowest BCUT2D eigenvalue weighted by molar-refractivity contribution is -0.250. The van der Waals surface area contributed by atoms with E-state index in [2.05, 4.69) is 12.2 Å². The van der Waals surface area contributed by atoms with E-state index in [9.17, 15) is 27.9 Å². The van der Waals surface area contributed by atoms with Gasteiger partial charge in [-0.15, -0.1) is 11.3 Å². The highest BCUT2D eigenvalue weighted by molar-refractivity contribution is 7.13. The summed E-state index contributed by atoms with van der Waals surface area (Å²) < 4.78 is 39.9. The normalized spacial score (nSPS) is 19.4. The molecule has 2 amide bonds. The van der Waals surface area contributed by atoms with Crippen LogP contribution in [0.1, 0.15) is 61.9 Å². The summed E-state index contributed by atoms with van der Waals surface area (Å²) in [6.07, 6.45) is 0.692. The summed E-state index contributed by atoms with van der Waals surface area (Å²) in [5.74, 6) is -1.08. The van der Waals surface area contributed by atoms with Gasteiger partial charge in [0.2, 0.25) is 5.60 Å². The minimum absolute atomic E-state index is 0.0127. The number of carbonyl (C=O) groups is 2. The maximum Gasteiger partial charge on any atom is 0.426 e. The summed E-state index contributed by atoms with van der Waals surface area (Å²) in [6.45, 7) is 3.54. The quantitative estimate of drug-likeness (QED) is 0.367. The first kappa shape index (κ1) is 30.4. The second-order valence-corrected chi connectivity index (χ2v) is 12.6. The van der Waals surface area contributed by atoms with Gasteiger partial charge in [0, 0.05) is 49.7 Å². The first-order valence-electron chi connectivity index (χ1n) is 14.5. The number of piperazine rings is 1. The van der Waals surface area contributed by atoms with Crippen LogP contribution >= 0.6 is 11.3 Å². The third-order valence-corrected chi connectivity index (χ3v) is 9.58. The van der Waals surface area contributed by atoms with Gasteiger partial charge in [-0.05, 0) is 50.1 Å². The predicted molar refractivity (Wildman–Crippen MR) is 157 cm³/mol. The van der Waals surface area contributed by atoms with Crippen molar-refractivity contribution in [1.82, 2.24) is 20.1 Å². The number of nitrogens with one attached hydrogen (secondary N) is 1. The Bertz CT molecular complexity index is 1410. The van der Waals surface area contributed by atoms with Gasteiger partial charge in [0.1, 0.15) is 0 Å². The van der Waals surface area contributed by atoms with Crippen LogP contribution in [0.2, 0.25) is 0 Å². The molecule has 0 spiro atoms. The molecule has 3 heterocycles. The maximum absolute atomic E-state index is 14.1. The van der Waals surface area contributed by atoms with Crippen molar-refractivity contribution >= 4 is 34.1 Å².